The largest absolute Gasteiger partial charge is 0.468 e. The number of ether oxygens (including phenoxy) is 3. The zero-order valence-electron chi connectivity index (χ0n) is 13.3. The molecule has 0 bridgehead atoms. The lowest BCUT2D eigenvalue weighted by molar-refractivity contribution is -0.166. The van der Waals surface area contributed by atoms with E-state index in [9.17, 15) is 13.2 Å². The summed E-state index contributed by atoms with van der Waals surface area (Å²) < 4.78 is 41.1. The Morgan fingerprint density at radius 3 is 2.33 bits per heavy atom. The highest BCUT2D eigenvalue weighted by Gasteiger charge is 2.57. The van der Waals surface area contributed by atoms with Crippen LogP contribution in [0.25, 0.3) is 0 Å². The summed E-state index contributed by atoms with van der Waals surface area (Å²) in [6.45, 7) is 2.14. The van der Waals surface area contributed by atoms with E-state index in [-0.39, 0.29) is 17.8 Å². The van der Waals surface area contributed by atoms with Crippen LogP contribution >= 0.6 is 0 Å². The lowest BCUT2D eigenvalue weighted by Gasteiger charge is -2.48. The molecule has 0 saturated heterocycles. The van der Waals surface area contributed by atoms with Crippen molar-refractivity contribution < 1.29 is 27.4 Å². The number of sulfonamides is 1. The molecule has 0 N–H and O–H groups in total. The van der Waals surface area contributed by atoms with Crippen LogP contribution in [0.15, 0.2) is 0 Å². The van der Waals surface area contributed by atoms with Crippen molar-refractivity contribution in [3.05, 3.63) is 0 Å². The van der Waals surface area contributed by atoms with E-state index in [2.05, 4.69) is 0 Å². The van der Waals surface area contributed by atoms with Crippen molar-refractivity contribution in [3.63, 3.8) is 0 Å². The lowest BCUT2D eigenvalue weighted by Crippen LogP contribution is -2.65. The Balaban J connectivity index is 2.91. The minimum absolute atomic E-state index is 0.0757. The van der Waals surface area contributed by atoms with E-state index < -0.39 is 21.5 Å². The molecule has 1 aliphatic rings. The van der Waals surface area contributed by atoms with Crippen LogP contribution in [0.1, 0.15) is 19.8 Å². The first kappa shape index (κ1) is 18.3. The number of likely N-dealkylation sites (N-methyl/N-ethyl adjacent to an activating group) is 1. The zero-order chi connectivity index (χ0) is 16.3. The Morgan fingerprint density at radius 2 is 1.90 bits per heavy atom. The number of carbonyl (C=O) groups is 1. The van der Waals surface area contributed by atoms with Crippen LogP contribution in [0.3, 0.4) is 0 Å². The first-order valence-corrected chi connectivity index (χ1v) is 8.41. The molecule has 0 radical (unpaired) electrons. The van der Waals surface area contributed by atoms with Crippen LogP contribution in [-0.4, -0.2) is 71.1 Å². The molecule has 0 aliphatic heterocycles. The van der Waals surface area contributed by atoms with Crippen molar-refractivity contribution in [2.45, 2.75) is 31.4 Å². The maximum atomic E-state index is 12.5. The van der Waals surface area contributed by atoms with Gasteiger partial charge in [-0.05, 0) is 5.92 Å². The van der Waals surface area contributed by atoms with Crippen LogP contribution in [0.5, 0.6) is 0 Å². The molecule has 1 saturated carbocycles. The van der Waals surface area contributed by atoms with Crippen molar-refractivity contribution in [2.24, 2.45) is 5.92 Å². The van der Waals surface area contributed by atoms with Gasteiger partial charge in [-0.15, -0.1) is 0 Å². The molecule has 0 aromatic carbocycles. The summed E-state index contributed by atoms with van der Waals surface area (Å²) in [4.78, 5) is 12.1. The highest BCUT2D eigenvalue weighted by Crippen LogP contribution is 2.41. The maximum absolute atomic E-state index is 12.5. The molecule has 1 atom stereocenters. The summed E-state index contributed by atoms with van der Waals surface area (Å²) in [6.07, 6.45) is 0.493. The Hall–Kier alpha value is -0.700. The van der Waals surface area contributed by atoms with Crippen LogP contribution in [-0.2, 0) is 29.0 Å². The summed E-state index contributed by atoms with van der Waals surface area (Å²) in [5.41, 5.74) is -1.15. The van der Waals surface area contributed by atoms with Gasteiger partial charge in [0.25, 0.3) is 0 Å². The summed E-state index contributed by atoms with van der Waals surface area (Å²) in [5, 5.41) is 0. The Morgan fingerprint density at radius 1 is 1.33 bits per heavy atom. The number of carbonyl (C=O) groups excluding carboxylic acids is 1. The standard InChI is InChI=1S/C13H25NO6S/c1-10(8-18-3)9-21(16,17)14(2)13(12(15)20-5)6-11(7-13)19-4/h10-11H,6-9H2,1-5H3. The number of hydrogen-bond donors (Lipinski definition) is 0. The molecule has 124 valence electrons. The van der Waals surface area contributed by atoms with Crippen molar-refractivity contribution in [2.75, 3.05) is 40.7 Å². The third kappa shape index (κ3) is 3.74. The predicted molar refractivity (Wildman–Crippen MR) is 77.4 cm³/mol. The number of nitrogens with zero attached hydrogens (tertiary/aromatic N) is 1. The molecule has 7 nitrogen and oxygen atoms in total. The molecule has 1 fully saturated rings. The quantitative estimate of drug-likeness (QED) is 0.596. The monoisotopic (exact) mass is 323 g/mol. The summed E-state index contributed by atoms with van der Waals surface area (Å²) in [7, 11) is 2.17. The van der Waals surface area contributed by atoms with Gasteiger partial charge in [-0.3, -0.25) is 4.79 Å². The second-order valence-electron chi connectivity index (χ2n) is 5.60. The van der Waals surface area contributed by atoms with Crippen molar-refractivity contribution in [1.82, 2.24) is 4.31 Å². The first-order valence-electron chi connectivity index (χ1n) is 6.80. The fraction of sp³-hybridized carbons (Fsp3) is 0.923. The van der Waals surface area contributed by atoms with Gasteiger partial charge in [0.15, 0.2) is 0 Å². The predicted octanol–water partition coefficient (Wildman–Crippen LogP) is 0.251. The van der Waals surface area contributed by atoms with Crippen molar-refractivity contribution in [1.29, 1.82) is 0 Å². The van der Waals surface area contributed by atoms with Crippen molar-refractivity contribution in [3.8, 4) is 0 Å². The van der Waals surface area contributed by atoms with E-state index in [0.29, 0.717) is 19.4 Å². The lowest BCUT2D eigenvalue weighted by atomic mass is 9.74. The fourth-order valence-corrected chi connectivity index (χ4v) is 4.47. The van der Waals surface area contributed by atoms with Gasteiger partial charge in [-0.2, -0.15) is 4.31 Å². The van der Waals surface area contributed by atoms with Gasteiger partial charge in [-0.1, -0.05) is 6.92 Å². The second-order valence-corrected chi connectivity index (χ2v) is 7.64. The summed E-state index contributed by atoms with van der Waals surface area (Å²) >= 11 is 0. The van der Waals surface area contributed by atoms with Crippen LogP contribution < -0.4 is 0 Å². The maximum Gasteiger partial charge on any atom is 0.327 e. The molecule has 0 spiro atoms. The van der Waals surface area contributed by atoms with Gasteiger partial charge in [-0.25, -0.2) is 8.42 Å². The SMILES string of the molecule is COCC(C)CS(=O)(=O)N(C)C1(C(=O)OC)CC(OC)C1. The van der Waals surface area contributed by atoms with E-state index in [1.165, 1.54) is 21.3 Å². The molecular weight excluding hydrogens is 298 g/mol. The average Bonchev–Trinajstić information content (AvgIpc) is 2.36. The smallest absolute Gasteiger partial charge is 0.327 e. The highest BCUT2D eigenvalue weighted by molar-refractivity contribution is 7.89. The third-order valence-corrected chi connectivity index (χ3v) is 6.17. The molecule has 1 aliphatic carbocycles. The average molecular weight is 323 g/mol. The van der Waals surface area contributed by atoms with E-state index in [1.54, 1.807) is 14.0 Å². The van der Waals surface area contributed by atoms with Gasteiger partial charge >= 0.3 is 5.97 Å². The van der Waals surface area contributed by atoms with Crippen molar-refractivity contribution >= 4 is 16.0 Å². The minimum Gasteiger partial charge on any atom is -0.468 e. The Kier molecular flexibility index (Phi) is 6.15. The van der Waals surface area contributed by atoms with Crippen LogP contribution in [0.2, 0.25) is 0 Å². The first-order chi connectivity index (χ1) is 9.73. The molecule has 1 rings (SSSR count). The zero-order valence-corrected chi connectivity index (χ0v) is 14.1. The number of esters is 1. The van der Waals surface area contributed by atoms with E-state index in [0.717, 1.165) is 4.31 Å². The highest BCUT2D eigenvalue weighted by atomic mass is 32.2. The number of rotatable bonds is 8. The molecule has 0 aromatic rings. The molecule has 0 heterocycles. The third-order valence-electron chi connectivity index (χ3n) is 4.00. The van der Waals surface area contributed by atoms with Crippen LogP contribution in [0, 0.1) is 5.92 Å². The number of hydrogen-bond acceptors (Lipinski definition) is 6. The topological polar surface area (TPSA) is 82.1 Å². The second kappa shape index (κ2) is 7.04. The minimum atomic E-state index is -3.59. The van der Waals surface area contributed by atoms with E-state index >= 15 is 0 Å². The number of methoxy groups -OCH3 is 3. The molecular formula is C13H25NO6S. The van der Waals surface area contributed by atoms with Gasteiger partial charge < -0.3 is 14.2 Å². The van der Waals surface area contributed by atoms with Crippen LogP contribution in [0.4, 0.5) is 0 Å². The van der Waals surface area contributed by atoms with E-state index in [4.69, 9.17) is 14.2 Å². The van der Waals surface area contributed by atoms with Gasteiger partial charge in [0.1, 0.15) is 5.54 Å². The molecule has 8 heteroatoms. The summed E-state index contributed by atoms with van der Waals surface area (Å²) in [6, 6.07) is 0. The van der Waals surface area contributed by atoms with Gasteiger partial charge in [0.2, 0.25) is 10.0 Å². The molecule has 1 unspecified atom stereocenters. The Bertz CT molecular complexity index is 457. The normalized spacial score (nSPS) is 27.2. The fourth-order valence-electron chi connectivity index (χ4n) is 2.67. The van der Waals surface area contributed by atoms with Gasteiger partial charge in [0.05, 0.1) is 19.0 Å². The van der Waals surface area contributed by atoms with E-state index in [1.807, 2.05) is 0 Å². The van der Waals surface area contributed by atoms with Gasteiger partial charge in [0, 0.05) is 40.7 Å². The summed E-state index contributed by atoms with van der Waals surface area (Å²) in [5.74, 6) is -0.773. The molecule has 21 heavy (non-hydrogen) atoms. The molecule has 0 aromatic heterocycles. The molecule has 0 amide bonds. The Labute approximate surface area is 126 Å².